The van der Waals surface area contributed by atoms with Crippen LogP contribution < -0.4 is 10.6 Å². The van der Waals surface area contributed by atoms with Crippen LogP contribution in [0.15, 0.2) is 18.3 Å². The van der Waals surface area contributed by atoms with E-state index < -0.39 is 0 Å². The fourth-order valence-electron chi connectivity index (χ4n) is 2.27. The number of anilines is 2. The van der Waals surface area contributed by atoms with Crippen LogP contribution in [0.25, 0.3) is 0 Å². The minimum absolute atomic E-state index is 0.117. The smallest absolute Gasteiger partial charge is 0.227 e. The van der Waals surface area contributed by atoms with E-state index in [1.54, 1.807) is 6.20 Å². The maximum Gasteiger partial charge on any atom is 0.227 e. The van der Waals surface area contributed by atoms with E-state index in [1.807, 2.05) is 19.1 Å². The summed E-state index contributed by atoms with van der Waals surface area (Å²) in [6.45, 7) is 4.86. The minimum atomic E-state index is 0.117. The first-order valence-electron chi connectivity index (χ1n) is 6.88. The molecule has 0 atom stereocenters. The molecule has 0 bridgehead atoms. The predicted octanol–water partition coefficient (Wildman–Crippen LogP) is 1.79. The van der Waals surface area contributed by atoms with E-state index in [2.05, 4.69) is 27.6 Å². The molecule has 2 rings (SSSR count). The lowest BCUT2D eigenvalue weighted by Crippen LogP contribution is -2.35. The Kier molecular flexibility index (Phi) is 4.74. The molecule has 0 unspecified atom stereocenters. The second-order valence-electron chi connectivity index (χ2n) is 5.03. The summed E-state index contributed by atoms with van der Waals surface area (Å²) in [4.78, 5) is 18.6. The van der Waals surface area contributed by atoms with Crippen LogP contribution in [-0.4, -0.2) is 42.5 Å². The zero-order valence-corrected chi connectivity index (χ0v) is 11.6. The highest BCUT2D eigenvalue weighted by Crippen LogP contribution is 2.18. The Bertz CT molecular complexity index is 410. The number of carbonyl (C=O) groups excluding carboxylic acids is 1. The van der Waals surface area contributed by atoms with Crippen molar-refractivity contribution < 1.29 is 4.79 Å². The van der Waals surface area contributed by atoms with Crippen molar-refractivity contribution in [1.29, 1.82) is 0 Å². The maximum absolute atomic E-state index is 12.1. The number of hydrogen-bond acceptors (Lipinski definition) is 4. The number of nitrogens with zero attached hydrogens (tertiary/aromatic N) is 2. The predicted molar refractivity (Wildman–Crippen MR) is 77.3 cm³/mol. The van der Waals surface area contributed by atoms with Gasteiger partial charge in [0.25, 0.3) is 0 Å². The van der Waals surface area contributed by atoms with Crippen LogP contribution in [0.5, 0.6) is 0 Å². The summed E-state index contributed by atoms with van der Waals surface area (Å²) in [7, 11) is 2.09. The van der Waals surface area contributed by atoms with Crippen LogP contribution >= 0.6 is 0 Å². The summed E-state index contributed by atoms with van der Waals surface area (Å²) in [5.41, 5.74) is 0.769. The molecule has 2 N–H and O–H groups in total. The number of aromatic nitrogens is 1. The average molecular weight is 262 g/mol. The Morgan fingerprint density at radius 3 is 2.74 bits per heavy atom. The molecule has 5 nitrogen and oxygen atoms in total. The van der Waals surface area contributed by atoms with Crippen LogP contribution in [0.3, 0.4) is 0 Å². The molecule has 0 saturated carbocycles. The molecule has 0 spiro atoms. The lowest BCUT2D eigenvalue weighted by atomic mass is 9.96. The maximum atomic E-state index is 12.1. The molecule has 2 heterocycles. The Balaban J connectivity index is 1.88. The monoisotopic (exact) mass is 262 g/mol. The molecule has 5 heteroatoms. The molecule has 1 aromatic heterocycles. The summed E-state index contributed by atoms with van der Waals surface area (Å²) in [5, 5.41) is 6.07. The molecule has 1 aliphatic rings. The molecule has 1 aromatic rings. The number of amides is 1. The Morgan fingerprint density at radius 1 is 1.42 bits per heavy atom. The molecule has 0 radical (unpaired) electrons. The van der Waals surface area contributed by atoms with Gasteiger partial charge in [-0.25, -0.2) is 4.98 Å². The van der Waals surface area contributed by atoms with Gasteiger partial charge in [0.05, 0.1) is 11.9 Å². The summed E-state index contributed by atoms with van der Waals surface area (Å²) < 4.78 is 0. The minimum Gasteiger partial charge on any atom is -0.370 e. The van der Waals surface area contributed by atoms with E-state index in [4.69, 9.17) is 0 Å². The molecular weight excluding hydrogens is 240 g/mol. The van der Waals surface area contributed by atoms with Gasteiger partial charge in [0, 0.05) is 12.5 Å². The zero-order chi connectivity index (χ0) is 13.7. The third-order valence-corrected chi connectivity index (χ3v) is 3.48. The van der Waals surface area contributed by atoms with Crippen LogP contribution in [0.4, 0.5) is 11.5 Å². The van der Waals surface area contributed by atoms with E-state index in [1.165, 1.54) is 0 Å². The third kappa shape index (κ3) is 3.92. The first-order valence-corrected chi connectivity index (χ1v) is 6.88. The molecular formula is C14H22N4O. The highest BCUT2D eigenvalue weighted by atomic mass is 16.1. The number of nitrogens with one attached hydrogen (secondary N) is 2. The second-order valence-corrected chi connectivity index (χ2v) is 5.03. The SMILES string of the molecule is CCNc1ccc(NC(=O)C2CCN(C)CC2)cn1. The number of piperidine rings is 1. The molecule has 104 valence electrons. The van der Waals surface area contributed by atoms with Gasteiger partial charge in [0.2, 0.25) is 5.91 Å². The highest BCUT2D eigenvalue weighted by molar-refractivity contribution is 5.92. The number of likely N-dealkylation sites (tertiary alicyclic amines) is 1. The van der Waals surface area contributed by atoms with E-state index in [-0.39, 0.29) is 11.8 Å². The summed E-state index contributed by atoms with van der Waals surface area (Å²) in [5.74, 6) is 1.08. The fraction of sp³-hybridized carbons (Fsp3) is 0.571. The van der Waals surface area contributed by atoms with Crippen molar-refractivity contribution in [3.05, 3.63) is 18.3 Å². The number of rotatable bonds is 4. The van der Waals surface area contributed by atoms with E-state index in [9.17, 15) is 4.79 Å². The normalized spacial score (nSPS) is 17.2. The first kappa shape index (κ1) is 13.8. The Hall–Kier alpha value is -1.62. The van der Waals surface area contributed by atoms with E-state index in [0.717, 1.165) is 44.0 Å². The summed E-state index contributed by atoms with van der Waals surface area (Å²) in [6.07, 6.45) is 3.57. The van der Waals surface area contributed by atoms with Crippen LogP contribution in [0.1, 0.15) is 19.8 Å². The van der Waals surface area contributed by atoms with Gasteiger partial charge in [0.15, 0.2) is 0 Å². The average Bonchev–Trinajstić information content (AvgIpc) is 2.42. The van der Waals surface area contributed by atoms with Crippen molar-refractivity contribution in [2.75, 3.05) is 37.3 Å². The van der Waals surface area contributed by atoms with Crippen molar-refractivity contribution in [3.63, 3.8) is 0 Å². The van der Waals surface area contributed by atoms with E-state index in [0.29, 0.717) is 0 Å². The first-order chi connectivity index (χ1) is 9.19. The van der Waals surface area contributed by atoms with Gasteiger partial charge < -0.3 is 15.5 Å². The number of hydrogen-bond donors (Lipinski definition) is 2. The largest absolute Gasteiger partial charge is 0.370 e. The van der Waals surface area contributed by atoms with Gasteiger partial charge in [-0.15, -0.1) is 0 Å². The Labute approximate surface area is 114 Å². The van der Waals surface area contributed by atoms with Gasteiger partial charge in [-0.3, -0.25) is 4.79 Å². The van der Waals surface area contributed by atoms with Gasteiger partial charge in [-0.05, 0) is 52.0 Å². The fourth-order valence-corrected chi connectivity index (χ4v) is 2.27. The lowest BCUT2D eigenvalue weighted by molar-refractivity contribution is -0.121. The molecule has 0 aliphatic carbocycles. The summed E-state index contributed by atoms with van der Waals surface area (Å²) in [6, 6.07) is 3.77. The molecule has 0 aromatic carbocycles. The van der Waals surface area contributed by atoms with Crippen LogP contribution in [0.2, 0.25) is 0 Å². The van der Waals surface area contributed by atoms with Crippen LogP contribution in [-0.2, 0) is 4.79 Å². The van der Waals surface area contributed by atoms with Crippen molar-refractivity contribution in [2.45, 2.75) is 19.8 Å². The van der Waals surface area contributed by atoms with Crippen molar-refractivity contribution in [2.24, 2.45) is 5.92 Å². The van der Waals surface area contributed by atoms with Gasteiger partial charge in [-0.1, -0.05) is 0 Å². The zero-order valence-electron chi connectivity index (χ0n) is 11.6. The molecule has 1 saturated heterocycles. The Morgan fingerprint density at radius 2 is 2.16 bits per heavy atom. The number of carbonyl (C=O) groups is 1. The van der Waals surface area contributed by atoms with Crippen molar-refractivity contribution in [3.8, 4) is 0 Å². The third-order valence-electron chi connectivity index (χ3n) is 3.48. The quantitative estimate of drug-likeness (QED) is 0.868. The van der Waals surface area contributed by atoms with Crippen molar-refractivity contribution >= 4 is 17.4 Å². The topological polar surface area (TPSA) is 57.3 Å². The molecule has 1 aliphatic heterocycles. The van der Waals surface area contributed by atoms with Crippen LogP contribution in [0, 0.1) is 5.92 Å². The van der Waals surface area contributed by atoms with E-state index >= 15 is 0 Å². The van der Waals surface area contributed by atoms with Gasteiger partial charge in [0.1, 0.15) is 5.82 Å². The lowest BCUT2D eigenvalue weighted by Gasteiger charge is -2.28. The molecule has 19 heavy (non-hydrogen) atoms. The van der Waals surface area contributed by atoms with Gasteiger partial charge >= 0.3 is 0 Å². The standard InChI is InChI=1S/C14H22N4O/c1-3-15-13-5-4-12(10-16-13)17-14(19)11-6-8-18(2)9-7-11/h4-5,10-11H,3,6-9H2,1-2H3,(H,15,16)(H,17,19). The molecule has 1 fully saturated rings. The highest BCUT2D eigenvalue weighted by Gasteiger charge is 2.23. The number of pyridine rings is 1. The summed E-state index contributed by atoms with van der Waals surface area (Å²) >= 11 is 0. The van der Waals surface area contributed by atoms with Crippen molar-refractivity contribution in [1.82, 2.24) is 9.88 Å². The molecule has 1 amide bonds. The van der Waals surface area contributed by atoms with Gasteiger partial charge in [-0.2, -0.15) is 0 Å². The second kappa shape index (κ2) is 6.52.